The lowest BCUT2D eigenvalue weighted by atomic mass is 9.95. The van der Waals surface area contributed by atoms with Crippen molar-refractivity contribution in [3.05, 3.63) is 82.6 Å². The summed E-state index contributed by atoms with van der Waals surface area (Å²) in [5, 5.41) is 2.98. The second-order valence-corrected chi connectivity index (χ2v) is 7.17. The van der Waals surface area contributed by atoms with E-state index < -0.39 is 6.04 Å². The van der Waals surface area contributed by atoms with Crippen LogP contribution in [-0.2, 0) is 11.2 Å². The summed E-state index contributed by atoms with van der Waals surface area (Å²) in [6, 6.07) is 17.6. The van der Waals surface area contributed by atoms with Gasteiger partial charge in [-0.2, -0.15) is 0 Å². The number of nitrogens with one attached hydrogen (secondary N) is 1. The number of aryl methyl sites for hydroxylation is 1. The minimum absolute atomic E-state index is 0.0124. The number of urea groups is 1. The van der Waals surface area contributed by atoms with E-state index in [1.165, 1.54) is 5.56 Å². The van der Waals surface area contributed by atoms with Crippen LogP contribution in [0.2, 0.25) is 0 Å². The topological polar surface area (TPSA) is 52.7 Å². The molecule has 3 amide bonds. The molecule has 0 aliphatic carbocycles. The van der Waals surface area contributed by atoms with Crippen molar-refractivity contribution >= 4 is 11.9 Å². The fourth-order valence-electron chi connectivity index (χ4n) is 3.72. The van der Waals surface area contributed by atoms with E-state index in [0.717, 1.165) is 23.2 Å². The van der Waals surface area contributed by atoms with Crippen molar-refractivity contribution in [1.82, 2.24) is 15.1 Å². The van der Waals surface area contributed by atoms with Gasteiger partial charge in [0.05, 0.1) is 23.9 Å². The Morgan fingerprint density at radius 2 is 1.74 bits per heavy atom. The van der Waals surface area contributed by atoms with Crippen LogP contribution in [0.3, 0.4) is 0 Å². The number of hydrogen-bond donors (Lipinski definition) is 1. The normalized spacial score (nSPS) is 19.4. The third-order valence-corrected chi connectivity index (χ3v) is 5.36. The molecule has 27 heavy (non-hydrogen) atoms. The van der Waals surface area contributed by atoms with Crippen LogP contribution in [0.25, 0.3) is 0 Å². The molecule has 0 radical (unpaired) electrons. The van der Waals surface area contributed by atoms with E-state index >= 15 is 0 Å². The number of benzene rings is 2. The number of rotatable bonds is 4. The first-order chi connectivity index (χ1) is 13.0. The first-order valence-corrected chi connectivity index (χ1v) is 9.21. The van der Waals surface area contributed by atoms with Gasteiger partial charge in [-0.15, -0.1) is 0 Å². The monoisotopic (exact) mass is 361 g/mol. The molecule has 0 aromatic heterocycles. The molecule has 4 rings (SSSR count). The number of amides is 3. The van der Waals surface area contributed by atoms with Gasteiger partial charge in [0.1, 0.15) is 0 Å². The summed E-state index contributed by atoms with van der Waals surface area (Å²) in [5.74, 6) is 0.0124. The largest absolute Gasteiger partial charge is 0.333 e. The van der Waals surface area contributed by atoms with Crippen LogP contribution < -0.4 is 5.32 Å². The van der Waals surface area contributed by atoms with Crippen molar-refractivity contribution in [3.8, 4) is 0 Å². The van der Waals surface area contributed by atoms with Crippen molar-refractivity contribution in [3.63, 3.8) is 0 Å². The van der Waals surface area contributed by atoms with Crippen LogP contribution in [0.15, 0.2) is 65.9 Å². The van der Waals surface area contributed by atoms with Gasteiger partial charge in [-0.1, -0.05) is 60.2 Å². The molecular weight excluding hydrogens is 338 g/mol. The Balaban J connectivity index is 1.59. The van der Waals surface area contributed by atoms with Crippen molar-refractivity contribution in [2.24, 2.45) is 0 Å². The molecular formula is C22H23N3O2. The Labute approximate surface area is 159 Å². The Morgan fingerprint density at radius 1 is 1.04 bits per heavy atom. The summed E-state index contributed by atoms with van der Waals surface area (Å²) in [6.07, 6.45) is 0.799. The summed E-state index contributed by atoms with van der Waals surface area (Å²) in [7, 11) is 1.73. The van der Waals surface area contributed by atoms with Crippen molar-refractivity contribution in [1.29, 1.82) is 0 Å². The van der Waals surface area contributed by atoms with Gasteiger partial charge in [-0.05, 0) is 24.5 Å². The van der Waals surface area contributed by atoms with Gasteiger partial charge in [0.25, 0.3) is 5.91 Å². The number of hydrogen-bond acceptors (Lipinski definition) is 2. The average Bonchev–Trinajstić information content (AvgIpc) is 3.01. The zero-order chi connectivity index (χ0) is 19.0. The van der Waals surface area contributed by atoms with Gasteiger partial charge < -0.3 is 10.2 Å². The van der Waals surface area contributed by atoms with Crippen LogP contribution in [-0.4, -0.2) is 41.9 Å². The van der Waals surface area contributed by atoms with Crippen LogP contribution in [0.5, 0.6) is 0 Å². The van der Waals surface area contributed by atoms with Gasteiger partial charge in [0, 0.05) is 13.6 Å². The van der Waals surface area contributed by atoms with E-state index in [2.05, 4.69) is 17.4 Å². The zero-order valence-corrected chi connectivity index (χ0v) is 15.6. The summed E-state index contributed by atoms with van der Waals surface area (Å²) in [4.78, 5) is 29.0. The molecule has 2 aliphatic heterocycles. The highest BCUT2D eigenvalue weighted by atomic mass is 16.2. The number of carbonyl (C=O) groups is 2. The van der Waals surface area contributed by atoms with Crippen molar-refractivity contribution < 1.29 is 9.59 Å². The maximum atomic E-state index is 13.2. The van der Waals surface area contributed by atoms with E-state index in [-0.39, 0.29) is 11.9 Å². The molecule has 2 heterocycles. The van der Waals surface area contributed by atoms with Crippen LogP contribution in [0.1, 0.15) is 22.7 Å². The number of nitrogens with zero attached hydrogens (tertiary/aromatic N) is 2. The molecule has 1 N–H and O–H groups in total. The SMILES string of the molecule is Cc1ccc([C@H]2NC(=O)N(C)C3=C2C(=O)N(CCc2ccccc2)C3)cc1. The van der Waals surface area contributed by atoms with Crippen LogP contribution in [0, 0.1) is 6.92 Å². The van der Waals surface area contributed by atoms with Crippen LogP contribution >= 0.6 is 0 Å². The summed E-state index contributed by atoms with van der Waals surface area (Å²) in [6.45, 7) is 3.14. The average molecular weight is 361 g/mol. The number of likely N-dealkylation sites (N-methyl/N-ethyl adjacent to an activating group) is 1. The minimum atomic E-state index is -0.390. The smallest absolute Gasteiger partial charge is 0.322 e. The Kier molecular flexibility index (Phi) is 4.44. The maximum Gasteiger partial charge on any atom is 0.322 e. The molecule has 0 saturated heterocycles. The molecule has 5 nitrogen and oxygen atoms in total. The highest BCUT2D eigenvalue weighted by Crippen LogP contribution is 2.35. The first kappa shape index (κ1) is 17.3. The molecule has 0 spiro atoms. The Bertz CT molecular complexity index is 903. The molecule has 1 atom stereocenters. The van der Waals surface area contributed by atoms with Gasteiger partial charge in [0.15, 0.2) is 0 Å². The van der Waals surface area contributed by atoms with Crippen LogP contribution in [0.4, 0.5) is 4.79 Å². The summed E-state index contributed by atoms with van der Waals surface area (Å²) >= 11 is 0. The minimum Gasteiger partial charge on any atom is -0.333 e. The highest BCUT2D eigenvalue weighted by molar-refractivity contribution is 6.01. The molecule has 0 fully saturated rings. The molecule has 2 aromatic rings. The van der Waals surface area contributed by atoms with E-state index in [4.69, 9.17) is 0 Å². The molecule has 0 saturated carbocycles. The molecule has 5 heteroatoms. The van der Waals surface area contributed by atoms with E-state index in [9.17, 15) is 9.59 Å². The summed E-state index contributed by atoms with van der Waals surface area (Å²) in [5.41, 5.74) is 4.78. The molecule has 0 bridgehead atoms. The maximum absolute atomic E-state index is 13.2. The molecule has 2 aliphatic rings. The molecule has 138 valence electrons. The predicted octanol–water partition coefficient (Wildman–Crippen LogP) is 3.03. The van der Waals surface area contributed by atoms with Gasteiger partial charge in [-0.3, -0.25) is 9.69 Å². The van der Waals surface area contributed by atoms with Gasteiger partial charge in [0.2, 0.25) is 0 Å². The lowest BCUT2D eigenvalue weighted by molar-refractivity contribution is -0.125. The zero-order valence-electron chi connectivity index (χ0n) is 15.6. The highest BCUT2D eigenvalue weighted by Gasteiger charge is 2.42. The summed E-state index contributed by atoms with van der Waals surface area (Å²) < 4.78 is 0. The third-order valence-electron chi connectivity index (χ3n) is 5.36. The fraction of sp³-hybridized carbons (Fsp3) is 0.273. The lowest BCUT2D eigenvalue weighted by Gasteiger charge is -2.31. The van der Waals surface area contributed by atoms with E-state index in [0.29, 0.717) is 18.7 Å². The first-order valence-electron chi connectivity index (χ1n) is 9.21. The standard InChI is InChI=1S/C22H23N3O2/c1-15-8-10-17(11-9-15)20-19-18(24(2)22(27)23-20)14-25(21(19)26)13-12-16-6-4-3-5-7-16/h3-11,20H,12-14H2,1-2H3,(H,23,27)/t20-/m1/s1. The van der Waals surface area contributed by atoms with Gasteiger partial charge >= 0.3 is 6.03 Å². The lowest BCUT2D eigenvalue weighted by Crippen LogP contribution is -2.45. The van der Waals surface area contributed by atoms with Crippen molar-refractivity contribution in [2.45, 2.75) is 19.4 Å². The van der Waals surface area contributed by atoms with Crippen molar-refractivity contribution in [2.75, 3.05) is 20.1 Å². The third kappa shape index (κ3) is 3.21. The van der Waals surface area contributed by atoms with E-state index in [1.807, 2.05) is 54.3 Å². The fourth-order valence-corrected chi connectivity index (χ4v) is 3.72. The Hall–Kier alpha value is -3.08. The van der Waals surface area contributed by atoms with Gasteiger partial charge in [-0.25, -0.2) is 4.79 Å². The second-order valence-electron chi connectivity index (χ2n) is 7.17. The molecule has 2 aromatic carbocycles. The molecule has 0 unspecified atom stereocenters. The second kappa shape index (κ2) is 6.91. The predicted molar refractivity (Wildman–Crippen MR) is 104 cm³/mol. The van der Waals surface area contributed by atoms with E-state index in [1.54, 1.807) is 11.9 Å². The Morgan fingerprint density at radius 3 is 2.44 bits per heavy atom. The number of carbonyl (C=O) groups excluding carboxylic acids is 2. The quantitative estimate of drug-likeness (QED) is 0.910.